The highest BCUT2D eigenvalue weighted by Crippen LogP contribution is 1.95. The molecule has 0 atom stereocenters. The van der Waals surface area contributed by atoms with E-state index >= 15 is 0 Å². The molecule has 0 aromatic heterocycles. The Morgan fingerprint density at radius 2 is 0.893 bits per heavy atom. The maximum atomic E-state index is 10.8. The summed E-state index contributed by atoms with van der Waals surface area (Å²) >= 11 is 0. The lowest BCUT2D eigenvalue weighted by molar-refractivity contribution is -0.150. The molecule has 0 heterocycles. The summed E-state index contributed by atoms with van der Waals surface area (Å²) in [7, 11) is -3.77. The van der Waals surface area contributed by atoms with Crippen molar-refractivity contribution in [1.29, 1.82) is 0 Å². The summed E-state index contributed by atoms with van der Waals surface area (Å²) < 4.78 is 82.5. The van der Waals surface area contributed by atoms with Crippen LogP contribution in [-0.2, 0) is 90.5 Å². The monoisotopic (exact) mass is 860 g/mol. The SMILES string of the molecule is CCC(=O)OCCOC(C)=O.CCCOC(C)=O.CCCS(=O)(=O)OCC(C)=O.CCOC.CCOC(=O)CC.CCOCCOC(C)=O.CCS(=O)(=O)OC. The van der Waals surface area contributed by atoms with Crippen LogP contribution in [0, 0.1) is 0 Å². The molecule has 0 radical (unpaired) electrons. The van der Waals surface area contributed by atoms with Gasteiger partial charge in [-0.05, 0) is 47.5 Å². The van der Waals surface area contributed by atoms with E-state index in [1.165, 1.54) is 34.6 Å². The number of carbonyl (C=O) groups is 6. The molecule has 56 heavy (non-hydrogen) atoms. The first kappa shape index (κ1) is 67.5. The zero-order chi connectivity index (χ0) is 45.4. The third kappa shape index (κ3) is 88.1. The molecule has 0 aliphatic rings. The van der Waals surface area contributed by atoms with Crippen LogP contribution >= 0.6 is 0 Å². The number of esters is 5. The van der Waals surface area contributed by atoms with Crippen molar-refractivity contribution in [3.63, 3.8) is 0 Å². The Balaban J connectivity index is -0.000000102. The van der Waals surface area contributed by atoms with Crippen LogP contribution < -0.4 is 0 Å². The van der Waals surface area contributed by atoms with Crippen molar-refractivity contribution >= 4 is 55.9 Å². The summed E-state index contributed by atoms with van der Waals surface area (Å²) in [6.07, 6.45) is 2.23. The Bertz CT molecular complexity index is 1140. The fourth-order valence-electron chi connectivity index (χ4n) is 1.94. The molecule has 0 aliphatic heterocycles. The van der Waals surface area contributed by atoms with Gasteiger partial charge in [0.2, 0.25) is 0 Å². The van der Waals surface area contributed by atoms with Crippen LogP contribution in [0.4, 0.5) is 0 Å². The van der Waals surface area contributed by atoms with Crippen molar-refractivity contribution in [3.8, 4) is 0 Å². The standard InChI is InChI=1S/C7H12O4.C6H12O4S.C6H12O3.2C5H10O2.C3H8O3S.C3H8O/c1-3-7(9)11-5-4-10-6(2)8;1-3-4-11(8,9)10-5-6(2)7;1-3-8-4-5-9-6(2)7;1-3-4-7-5(2)6;1-3-5(6)7-4-2;1-3-7(4,5)6-2;1-3-4-2/h2*3-5H2,1-2H3;3-5H2,1-2H3;2*3-4H2,1-2H3;3H2,1-2H3;3H2,1-2H3. The molecule has 21 heteroatoms. The van der Waals surface area contributed by atoms with Crippen LogP contribution in [0.1, 0.15) is 109 Å². The van der Waals surface area contributed by atoms with Crippen molar-refractivity contribution in [2.75, 3.05) is 85.2 Å². The molecule has 0 amide bonds. The van der Waals surface area contributed by atoms with Gasteiger partial charge in [-0.15, -0.1) is 0 Å². The Labute approximate surface area is 336 Å². The first-order chi connectivity index (χ1) is 26.0. The minimum Gasteiger partial charge on any atom is -0.466 e. The highest BCUT2D eigenvalue weighted by atomic mass is 32.2. The average Bonchev–Trinajstić information content (AvgIpc) is 3.14. The molecule has 0 unspecified atom stereocenters. The fourth-order valence-corrected chi connectivity index (χ4v) is 3.14. The molecule has 0 aromatic rings. The van der Waals surface area contributed by atoms with Gasteiger partial charge in [-0.25, -0.2) is 0 Å². The average molecular weight is 861 g/mol. The van der Waals surface area contributed by atoms with Crippen LogP contribution in [0.3, 0.4) is 0 Å². The van der Waals surface area contributed by atoms with Gasteiger partial charge >= 0.3 is 29.8 Å². The normalized spacial score (nSPS) is 9.54. The molecular weight excluding hydrogens is 789 g/mol. The molecule has 0 saturated carbocycles. The van der Waals surface area contributed by atoms with E-state index in [4.69, 9.17) is 4.74 Å². The molecule has 0 bridgehead atoms. The summed E-state index contributed by atoms with van der Waals surface area (Å²) in [5.41, 5.74) is 0. The number of rotatable bonds is 20. The third-order valence-corrected chi connectivity index (χ3v) is 7.17. The summed E-state index contributed by atoms with van der Waals surface area (Å²) in [6, 6.07) is 0. The van der Waals surface area contributed by atoms with E-state index in [9.17, 15) is 45.6 Å². The lowest BCUT2D eigenvalue weighted by atomic mass is 10.5. The van der Waals surface area contributed by atoms with Crippen LogP contribution in [0.5, 0.6) is 0 Å². The summed E-state index contributed by atoms with van der Waals surface area (Å²) in [6.45, 7) is 23.1. The molecule has 0 spiro atoms. The van der Waals surface area contributed by atoms with Gasteiger partial charge in [0, 0.05) is 53.9 Å². The molecule has 0 aliphatic carbocycles. The molecule has 0 fully saturated rings. The molecule has 0 rings (SSSR count). The second-order valence-electron chi connectivity index (χ2n) is 9.77. The second kappa shape index (κ2) is 51.8. The number of hydrogen-bond donors (Lipinski definition) is 0. The number of Topliss-reactive ketones (excluding diaryl/α,β-unsaturated/α-hetero) is 1. The van der Waals surface area contributed by atoms with E-state index in [0.29, 0.717) is 52.3 Å². The minimum absolute atomic E-state index is 0.0275. The lowest BCUT2D eigenvalue weighted by Gasteiger charge is -2.02. The smallest absolute Gasteiger partial charge is 0.305 e. The Kier molecular flexibility index (Phi) is 62.4. The van der Waals surface area contributed by atoms with E-state index in [-0.39, 0.29) is 67.0 Å². The van der Waals surface area contributed by atoms with Crippen LogP contribution in [-0.4, -0.2) is 138 Å². The topological polar surface area (TPSA) is 254 Å². The van der Waals surface area contributed by atoms with E-state index in [0.717, 1.165) is 20.1 Å². The highest BCUT2D eigenvalue weighted by Gasteiger charge is 2.09. The second-order valence-corrected chi connectivity index (χ2v) is 13.6. The first-order valence-electron chi connectivity index (χ1n) is 18.0. The van der Waals surface area contributed by atoms with Crippen molar-refractivity contribution in [2.45, 2.75) is 109 Å². The van der Waals surface area contributed by atoms with E-state index in [1.807, 2.05) is 20.8 Å². The zero-order valence-electron chi connectivity index (χ0n) is 36.2. The van der Waals surface area contributed by atoms with Gasteiger partial charge in [0.25, 0.3) is 20.2 Å². The predicted octanol–water partition coefficient (Wildman–Crippen LogP) is 3.97. The number of hydrogen-bond acceptors (Lipinski definition) is 19. The Hall–Kier alpha value is -3.24. The van der Waals surface area contributed by atoms with Crippen LogP contribution in [0.15, 0.2) is 0 Å². The Morgan fingerprint density at radius 1 is 0.482 bits per heavy atom. The maximum absolute atomic E-state index is 10.8. The van der Waals surface area contributed by atoms with Gasteiger partial charge < -0.3 is 33.2 Å². The van der Waals surface area contributed by atoms with Crippen LogP contribution in [0.2, 0.25) is 0 Å². The van der Waals surface area contributed by atoms with E-state index < -0.39 is 20.2 Å². The zero-order valence-corrected chi connectivity index (χ0v) is 37.8. The quantitative estimate of drug-likeness (QED) is 0.0726. The first-order valence-corrected chi connectivity index (χ1v) is 21.1. The number of carbonyl (C=O) groups excluding carboxylic acids is 6. The maximum Gasteiger partial charge on any atom is 0.305 e. The predicted molar refractivity (Wildman–Crippen MR) is 210 cm³/mol. The van der Waals surface area contributed by atoms with Gasteiger partial charge in [0.1, 0.15) is 26.4 Å². The summed E-state index contributed by atoms with van der Waals surface area (Å²) in [4.78, 5) is 61.3. The lowest BCUT2D eigenvalue weighted by Crippen LogP contribution is -2.14. The minimum atomic E-state index is -3.45. The Morgan fingerprint density at radius 3 is 1.14 bits per heavy atom. The van der Waals surface area contributed by atoms with Crippen LogP contribution in [0.25, 0.3) is 0 Å². The third-order valence-electron chi connectivity index (χ3n) is 4.57. The number of ketones is 1. The van der Waals surface area contributed by atoms with Gasteiger partial charge in [-0.2, -0.15) is 16.8 Å². The fraction of sp³-hybridized carbons (Fsp3) is 0.829. The van der Waals surface area contributed by atoms with Gasteiger partial charge in [-0.1, -0.05) is 27.7 Å². The van der Waals surface area contributed by atoms with Gasteiger partial charge in [0.05, 0.1) is 38.4 Å². The molecule has 0 aromatic carbocycles. The molecule has 338 valence electrons. The molecule has 0 N–H and O–H groups in total. The van der Waals surface area contributed by atoms with Gasteiger partial charge in [0.15, 0.2) is 5.78 Å². The summed E-state index contributed by atoms with van der Waals surface area (Å²) in [5.74, 6) is -1.48. The largest absolute Gasteiger partial charge is 0.466 e. The van der Waals surface area contributed by atoms with E-state index in [1.54, 1.807) is 34.8 Å². The number of ether oxygens (including phenoxy) is 7. The molecule has 19 nitrogen and oxygen atoms in total. The highest BCUT2D eigenvalue weighted by molar-refractivity contribution is 7.86. The van der Waals surface area contributed by atoms with Crippen molar-refractivity contribution in [2.24, 2.45) is 0 Å². The molecule has 0 saturated heterocycles. The number of methoxy groups -OCH3 is 1. The summed E-state index contributed by atoms with van der Waals surface area (Å²) in [5, 5.41) is 0. The van der Waals surface area contributed by atoms with Crippen molar-refractivity contribution < 1.29 is 87.1 Å². The van der Waals surface area contributed by atoms with Crippen molar-refractivity contribution in [3.05, 3.63) is 0 Å². The van der Waals surface area contributed by atoms with Crippen molar-refractivity contribution in [1.82, 2.24) is 0 Å². The van der Waals surface area contributed by atoms with E-state index in [2.05, 4.69) is 36.8 Å². The molecular formula is C35H72O19S2. The van der Waals surface area contributed by atoms with Gasteiger partial charge in [-0.3, -0.25) is 37.1 Å².